The lowest BCUT2D eigenvalue weighted by atomic mass is 9.84. The molecule has 0 bridgehead atoms. The lowest BCUT2D eigenvalue weighted by molar-refractivity contribution is -0.150. The maximum Gasteiger partial charge on any atom is 0.416 e. The van der Waals surface area contributed by atoms with Gasteiger partial charge in [0.05, 0.1) is 29.8 Å². The molecule has 0 aliphatic heterocycles. The topological polar surface area (TPSA) is 89.8 Å². The fraction of sp³-hybridized carbons (Fsp3) is 0.293. The standard InChI is InChI=1S/C41H41F6NO4/c1-26-30(12-14-32-22-28(10-16-36(32)40(42,43)44)18-19-39(3,25-50)38(51)52)6-4-8-34(26)35-9-5-7-31(27(35)2)13-15-33-23-29(24-48-20-21-49)11-17-37(33)41(45,46)47/h4-17,22-23,48-50H,18-21,24-25H2,1-3H3,(H,51,52)/b14-12+,15-13+/t39-/m0/s1. The van der Waals surface area contributed by atoms with Crippen molar-refractivity contribution in [3.8, 4) is 11.1 Å². The normalized spacial score (nSPS) is 13.6. The quantitative estimate of drug-likeness (QED) is 0.0591. The minimum absolute atomic E-state index is 0.00416. The first-order valence-electron chi connectivity index (χ1n) is 16.6. The van der Waals surface area contributed by atoms with Crippen LogP contribution >= 0.6 is 0 Å². The van der Waals surface area contributed by atoms with Crippen LogP contribution in [-0.2, 0) is 30.1 Å². The van der Waals surface area contributed by atoms with Gasteiger partial charge in [0, 0.05) is 13.1 Å². The predicted octanol–water partition coefficient (Wildman–Crippen LogP) is 9.45. The molecule has 0 radical (unpaired) electrons. The van der Waals surface area contributed by atoms with Crippen LogP contribution in [0.25, 0.3) is 35.4 Å². The van der Waals surface area contributed by atoms with Gasteiger partial charge in [0.2, 0.25) is 0 Å². The van der Waals surface area contributed by atoms with Crippen molar-refractivity contribution in [2.45, 2.75) is 52.5 Å². The second-order valence-corrected chi connectivity index (χ2v) is 13.0. The van der Waals surface area contributed by atoms with E-state index in [4.69, 9.17) is 5.11 Å². The Morgan fingerprint density at radius 1 is 0.692 bits per heavy atom. The number of nitrogens with one attached hydrogen (secondary N) is 1. The molecule has 5 nitrogen and oxygen atoms in total. The summed E-state index contributed by atoms with van der Waals surface area (Å²) in [6, 6.07) is 18.4. The molecule has 4 rings (SSSR count). The fourth-order valence-electron chi connectivity index (χ4n) is 5.88. The largest absolute Gasteiger partial charge is 0.481 e. The number of aliphatic hydroxyl groups is 2. The van der Waals surface area contributed by atoms with Gasteiger partial charge in [0.25, 0.3) is 0 Å². The van der Waals surface area contributed by atoms with Crippen LogP contribution in [0, 0.1) is 19.3 Å². The van der Waals surface area contributed by atoms with Gasteiger partial charge in [-0.15, -0.1) is 0 Å². The number of carboxylic acids is 1. The van der Waals surface area contributed by atoms with Gasteiger partial charge in [-0.1, -0.05) is 78.9 Å². The van der Waals surface area contributed by atoms with Gasteiger partial charge in [-0.25, -0.2) is 0 Å². The monoisotopic (exact) mass is 725 g/mol. The molecule has 0 unspecified atom stereocenters. The van der Waals surface area contributed by atoms with Gasteiger partial charge in [-0.2, -0.15) is 26.3 Å². The van der Waals surface area contributed by atoms with Crippen LogP contribution in [0.3, 0.4) is 0 Å². The van der Waals surface area contributed by atoms with E-state index < -0.39 is 41.5 Å². The first kappa shape index (κ1) is 40.1. The van der Waals surface area contributed by atoms with Crippen LogP contribution in [0.2, 0.25) is 0 Å². The second kappa shape index (κ2) is 16.8. The summed E-state index contributed by atoms with van der Waals surface area (Å²) in [6.45, 7) is 4.96. The highest BCUT2D eigenvalue weighted by atomic mass is 19.4. The number of aliphatic hydroxyl groups excluding tert-OH is 2. The molecule has 52 heavy (non-hydrogen) atoms. The number of hydrogen-bond acceptors (Lipinski definition) is 4. The average molecular weight is 726 g/mol. The summed E-state index contributed by atoms with van der Waals surface area (Å²) in [6.07, 6.45) is -3.02. The van der Waals surface area contributed by atoms with Crippen molar-refractivity contribution in [2.24, 2.45) is 5.41 Å². The Labute approximate surface area is 299 Å². The van der Waals surface area contributed by atoms with E-state index in [1.54, 1.807) is 36.4 Å². The molecule has 0 fully saturated rings. The van der Waals surface area contributed by atoms with Crippen LogP contribution in [0.1, 0.15) is 69.0 Å². The first-order chi connectivity index (χ1) is 24.5. The molecule has 0 spiro atoms. The number of aryl methyl sites for hydroxylation is 1. The van der Waals surface area contributed by atoms with Crippen LogP contribution in [0.4, 0.5) is 26.3 Å². The third-order valence-electron chi connectivity index (χ3n) is 9.22. The van der Waals surface area contributed by atoms with Crippen LogP contribution < -0.4 is 5.32 Å². The Kier molecular flexibility index (Phi) is 12.9. The number of halogens is 6. The highest BCUT2D eigenvalue weighted by molar-refractivity contribution is 5.82. The third kappa shape index (κ3) is 9.78. The Morgan fingerprint density at radius 2 is 1.15 bits per heavy atom. The summed E-state index contributed by atoms with van der Waals surface area (Å²) < 4.78 is 83.6. The summed E-state index contributed by atoms with van der Waals surface area (Å²) in [7, 11) is 0. The molecule has 0 saturated carbocycles. The number of carboxylic acid groups (broad SMARTS) is 1. The average Bonchev–Trinajstić information content (AvgIpc) is 3.09. The zero-order valence-electron chi connectivity index (χ0n) is 29.0. The van der Waals surface area contributed by atoms with Gasteiger partial charge in [0.15, 0.2) is 0 Å². The lowest BCUT2D eigenvalue weighted by Gasteiger charge is -2.22. The van der Waals surface area contributed by atoms with Crippen molar-refractivity contribution in [1.29, 1.82) is 0 Å². The number of aliphatic carboxylic acids is 1. The van der Waals surface area contributed by atoms with Crippen molar-refractivity contribution >= 4 is 30.3 Å². The molecule has 0 saturated heterocycles. The minimum atomic E-state index is -4.64. The van der Waals surface area contributed by atoms with E-state index in [-0.39, 0.29) is 37.1 Å². The Hall–Kier alpha value is -4.71. The van der Waals surface area contributed by atoms with Crippen molar-refractivity contribution in [1.82, 2.24) is 5.32 Å². The van der Waals surface area contributed by atoms with Crippen molar-refractivity contribution in [3.63, 3.8) is 0 Å². The molecular weight excluding hydrogens is 684 g/mol. The van der Waals surface area contributed by atoms with Gasteiger partial charge < -0.3 is 20.6 Å². The molecule has 4 N–H and O–H groups in total. The summed E-state index contributed by atoms with van der Waals surface area (Å²) in [5, 5.41) is 31.0. The van der Waals surface area contributed by atoms with Crippen molar-refractivity contribution < 1.29 is 46.5 Å². The Balaban J connectivity index is 1.67. The van der Waals surface area contributed by atoms with Crippen molar-refractivity contribution in [2.75, 3.05) is 19.8 Å². The zero-order valence-corrected chi connectivity index (χ0v) is 29.0. The molecule has 276 valence electrons. The van der Waals surface area contributed by atoms with E-state index in [1.165, 1.54) is 43.3 Å². The predicted molar refractivity (Wildman–Crippen MR) is 192 cm³/mol. The third-order valence-corrected chi connectivity index (χ3v) is 9.22. The van der Waals surface area contributed by atoms with E-state index in [0.717, 1.165) is 34.4 Å². The SMILES string of the molecule is Cc1c(/C=C/c2cc(CC[C@@](C)(CO)C(=O)O)ccc2C(F)(F)F)cccc1-c1cccc(/C=C/c2cc(CNCCO)ccc2C(F)(F)F)c1C. The maximum absolute atomic E-state index is 14.0. The molecule has 4 aromatic rings. The zero-order chi connectivity index (χ0) is 38.3. The number of rotatable bonds is 14. The summed E-state index contributed by atoms with van der Waals surface area (Å²) in [5.41, 5.74) is 2.46. The lowest BCUT2D eigenvalue weighted by Crippen LogP contribution is -2.32. The molecule has 0 aliphatic carbocycles. The second-order valence-electron chi connectivity index (χ2n) is 13.0. The van der Waals surface area contributed by atoms with Gasteiger partial charge in [0.1, 0.15) is 0 Å². The maximum atomic E-state index is 14.0. The molecule has 0 heterocycles. The summed E-state index contributed by atoms with van der Waals surface area (Å²) in [5.74, 6) is -1.20. The fourth-order valence-corrected chi connectivity index (χ4v) is 5.88. The molecule has 0 amide bonds. The molecule has 4 aromatic carbocycles. The van der Waals surface area contributed by atoms with Gasteiger partial charge in [-0.05, 0) is 107 Å². The summed E-state index contributed by atoms with van der Waals surface area (Å²) >= 11 is 0. The number of carbonyl (C=O) groups is 1. The Bertz CT molecular complexity index is 1950. The van der Waals surface area contributed by atoms with Crippen LogP contribution in [-0.4, -0.2) is 41.0 Å². The van der Waals surface area contributed by atoms with E-state index in [9.17, 15) is 41.4 Å². The van der Waals surface area contributed by atoms with Gasteiger partial charge in [-0.3, -0.25) is 4.79 Å². The van der Waals surface area contributed by atoms with E-state index in [1.807, 2.05) is 26.0 Å². The molecule has 11 heteroatoms. The van der Waals surface area contributed by atoms with Crippen molar-refractivity contribution in [3.05, 3.63) is 128 Å². The first-order valence-corrected chi connectivity index (χ1v) is 16.6. The summed E-state index contributed by atoms with van der Waals surface area (Å²) in [4.78, 5) is 11.6. The smallest absolute Gasteiger partial charge is 0.416 e. The van der Waals surface area contributed by atoms with Crippen LogP contribution in [0.15, 0.2) is 72.8 Å². The molecule has 0 aromatic heterocycles. The molecule has 0 aliphatic rings. The highest BCUT2D eigenvalue weighted by Gasteiger charge is 2.35. The minimum Gasteiger partial charge on any atom is -0.481 e. The Morgan fingerprint density at radius 3 is 1.60 bits per heavy atom. The van der Waals surface area contributed by atoms with Gasteiger partial charge >= 0.3 is 18.3 Å². The van der Waals surface area contributed by atoms with Crippen LogP contribution in [0.5, 0.6) is 0 Å². The van der Waals surface area contributed by atoms with E-state index >= 15 is 0 Å². The number of benzene rings is 4. The molecule has 1 atom stereocenters. The number of hydrogen-bond donors (Lipinski definition) is 4. The van der Waals surface area contributed by atoms with E-state index in [2.05, 4.69) is 5.32 Å². The number of alkyl halides is 6. The van der Waals surface area contributed by atoms with E-state index in [0.29, 0.717) is 28.8 Å². The highest BCUT2D eigenvalue weighted by Crippen LogP contribution is 2.37. The molecular formula is C41H41F6NO4.